The van der Waals surface area contributed by atoms with Gasteiger partial charge >= 0.3 is 0 Å². The third-order valence-corrected chi connectivity index (χ3v) is 3.45. The first-order valence-electron chi connectivity index (χ1n) is 4.71. The van der Waals surface area contributed by atoms with Gasteiger partial charge in [-0.1, -0.05) is 0 Å². The van der Waals surface area contributed by atoms with Gasteiger partial charge in [-0.15, -0.1) is 0 Å². The van der Waals surface area contributed by atoms with Crippen LogP contribution in [-0.4, -0.2) is 37.9 Å². The van der Waals surface area contributed by atoms with Crippen molar-refractivity contribution in [2.24, 2.45) is 0 Å². The molecule has 1 unspecified atom stereocenters. The molecule has 0 saturated heterocycles. The average molecular weight is 285 g/mol. The van der Waals surface area contributed by atoms with Gasteiger partial charge in [0.2, 0.25) is 10.0 Å². The van der Waals surface area contributed by atoms with Crippen LogP contribution in [0.15, 0.2) is 17.0 Å². The maximum absolute atomic E-state index is 13.2. The van der Waals surface area contributed by atoms with Gasteiger partial charge in [-0.3, -0.25) is 0 Å². The van der Waals surface area contributed by atoms with E-state index in [1.165, 1.54) is 0 Å². The number of aliphatic hydroxyl groups excluding tert-OH is 2. The van der Waals surface area contributed by atoms with Crippen molar-refractivity contribution in [3.05, 3.63) is 29.6 Å². The molecule has 0 aliphatic rings. The summed E-state index contributed by atoms with van der Waals surface area (Å²) in [5.74, 6) is -5.26. The van der Waals surface area contributed by atoms with Gasteiger partial charge in [-0.2, -0.15) is 0 Å². The van der Waals surface area contributed by atoms with E-state index in [4.69, 9.17) is 10.2 Å². The minimum atomic E-state index is -4.44. The summed E-state index contributed by atoms with van der Waals surface area (Å²) in [5, 5.41) is 17.4. The van der Waals surface area contributed by atoms with E-state index in [9.17, 15) is 21.6 Å². The molecule has 1 aromatic carbocycles. The number of hydrogen-bond acceptors (Lipinski definition) is 4. The quantitative estimate of drug-likeness (QED) is 0.650. The molecule has 0 radical (unpaired) electrons. The van der Waals surface area contributed by atoms with Crippen LogP contribution in [0.2, 0.25) is 0 Å². The van der Waals surface area contributed by atoms with E-state index in [0.717, 1.165) is 0 Å². The zero-order chi connectivity index (χ0) is 13.9. The Morgan fingerprint density at radius 3 is 2.39 bits per heavy atom. The van der Waals surface area contributed by atoms with Crippen molar-refractivity contribution in [3.8, 4) is 0 Å². The fourth-order valence-electron chi connectivity index (χ4n) is 1.06. The molecule has 0 aromatic heterocycles. The lowest BCUT2D eigenvalue weighted by atomic mass is 10.3. The number of nitrogens with one attached hydrogen (secondary N) is 1. The number of sulfonamides is 1. The van der Waals surface area contributed by atoms with Crippen LogP contribution < -0.4 is 4.72 Å². The fourth-order valence-corrected chi connectivity index (χ4v) is 2.20. The smallest absolute Gasteiger partial charge is 0.243 e. The number of halogens is 3. The van der Waals surface area contributed by atoms with Crippen molar-refractivity contribution in [3.63, 3.8) is 0 Å². The Bertz CT molecular complexity index is 535. The second-order valence-electron chi connectivity index (χ2n) is 3.36. The molecule has 0 amide bonds. The van der Waals surface area contributed by atoms with Crippen molar-refractivity contribution in [2.75, 3.05) is 13.2 Å². The molecule has 1 aromatic rings. The van der Waals surface area contributed by atoms with Crippen molar-refractivity contribution >= 4 is 10.0 Å². The van der Waals surface area contributed by atoms with Gasteiger partial charge in [0.25, 0.3) is 0 Å². The normalized spacial score (nSPS) is 13.6. The summed E-state index contributed by atoms with van der Waals surface area (Å²) in [6.45, 7) is -1.29. The fraction of sp³-hybridized carbons (Fsp3) is 0.333. The zero-order valence-electron chi connectivity index (χ0n) is 8.90. The third-order valence-electron chi connectivity index (χ3n) is 2.01. The molecule has 102 valence electrons. The Hall–Kier alpha value is -1.16. The summed E-state index contributed by atoms with van der Waals surface area (Å²) < 4.78 is 63.4. The second kappa shape index (κ2) is 5.65. The van der Waals surface area contributed by atoms with E-state index in [1.807, 2.05) is 0 Å². The first kappa shape index (κ1) is 14.9. The summed E-state index contributed by atoms with van der Waals surface area (Å²) in [7, 11) is -4.44. The number of hydrogen-bond donors (Lipinski definition) is 3. The van der Waals surface area contributed by atoms with Gasteiger partial charge in [0.05, 0.1) is 12.7 Å². The van der Waals surface area contributed by atoms with Gasteiger partial charge in [0.15, 0.2) is 17.5 Å². The van der Waals surface area contributed by atoms with Crippen LogP contribution in [0.3, 0.4) is 0 Å². The molecule has 3 N–H and O–H groups in total. The predicted octanol–water partition coefficient (Wildman–Crippen LogP) is -0.265. The second-order valence-corrected chi connectivity index (χ2v) is 5.10. The first-order valence-corrected chi connectivity index (χ1v) is 6.20. The highest BCUT2D eigenvalue weighted by Gasteiger charge is 2.24. The minimum absolute atomic E-state index is 0.468. The molecule has 5 nitrogen and oxygen atoms in total. The molecule has 1 atom stereocenters. The van der Waals surface area contributed by atoms with Crippen molar-refractivity contribution in [1.82, 2.24) is 4.72 Å². The van der Waals surface area contributed by atoms with E-state index in [-0.39, 0.29) is 0 Å². The SMILES string of the molecule is O=S(=O)(NCC(O)CO)c1ccc(F)c(F)c1F. The maximum atomic E-state index is 13.2. The van der Waals surface area contributed by atoms with E-state index in [2.05, 4.69) is 0 Å². The number of rotatable bonds is 5. The number of aliphatic hydroxyl groups is 2. The van der Waals surface area contributed by atoms with Crippen molar-refractivity contribution in [1.29, 1.82) is 0 Å². The molecular formula is C9H10F3NO4S. The van der Waals surface area contributed by atoms with Gasteiger partial charge in [0, 0.05) is 6.54 Å². The van der Waals surface area contributed by atoms with Crippen molar-refractivity contribution in [2.45, 2.75) is 11.0 Å². The van der Waals surface area contributed by atoms with Gasteiger partial charge in [-0.25, -0.2) is 26.3 Å². The molecule has 0 saturated carbocycles. The molecule has 0 heterocycles. The highest BCUT2D eigenvalue weighted by atomic mass is 32.2. The van der Waals surface area contributed by atoms with Crippen LogP contribution in [0.5, 0.6) is 0 Å². The Kier molecular flexibility index (Phi) is 4.68. The summed E-state index contributed by atoms with van der Waals surface area (Å²) in [6.07, 6.45) is -1.38. The van der Waals surface area contributed by atoms with E-state index >= 15 is 0 Å². The average Bonchev–Trinajstić information content (AvgIpc) is 2.32. The predicted molar refractivity (Wildman–Crippen MR) is 54.6 cm³/mol. The largest absolute Gasteiger partial charge is 0.394 e. The molecule has 0 aliphatic heterocycles. The summed E-state index contributed by atoms with van der Waals surface area (Å²) in [4.78, 5) is -1.08. The van der Waals surface area contributed by atoms with Crippen LogP contribution in [-0.2, 0) is 10.0 Å². The standard InChI is InChI=1S/C9H10F3NO4S/c10-6-1-2-7(9(12)8(6)11)18(16,17)13-3-5(15)4-14/h1-2,5,13-15H,3-4H2. The van der Waals surface area contributed by atoms with Gasteiger partial charge in [-0.05, 0) is 12.1 Å². The zero-order valence-corrected chi connectivity index (χ0v) is 9.72. The monoisotopic (exact) mass is 285 g/mol. The van der Waals surface area contributed by atoms with Crippen LogP contribution >= 0.6 is 0 Å². The lowest BCUT2D eigenvalue weighted by molar-refractivity contribution is 0.0988. The topological polar surface area (TPSA) is 86.6 Å². The molecule has 0 aliphatic carbocycles. The molecule has 1 rings (SSSR count). The molecule has 9 heteroatoms. The van der Waals surface area contributed by atoms with Crippen LogP contribution in [0.1, 0.15) is 0 Å². The summed E-state index contributed by atoms with van der Waals surface area (Å²) in [6, 6.07) is 1.02. The Balaban J connectivity index is 3.03. The minimum Gasteiger partial charge on any atom is -0.394 e. The molecular weight excluding hydrogens is 275 g/mol. The molecule has 18 heavy (non-hydrogen) atoms. The van der Waals surface area contributed by atoms with E-state index in [0.29, 0.717) is 12.1 Å². The maximum Gasteiger partial charge on any atom is 0.243 e. The third kappa shape index (κ3) is 3.19. The van der Waals surface area contributed by atoms with Gasteiger partial charge in [0.1, 0.15) is 4.90 Å². The van der Waals surface area contributed by atoms with E-state index in [1.54, 1.807) is 4.72 Å². The Morgan fingerprint density at radius 2 is 1.83 bits per heavy atom. The Labute approximate surface area is 101 Å². The number of benzene rings is 1. The van der Waals surface area contributed by atoms with Gasteiger partial charge < -0.3 is 10.2 Å². The molecule has 0 bridgehead atoms. The van der Waals surface area contributed by atoms with Crippen LogP contribution in [0.25, 0.3) is 0 Å². The molecule has 0 spiro atoms. The lowest BCUT2D eigenvalue weighted by Crippen LogP contribution is -2.34. The highest BCUT2D eigenvalue weighted by molar-refractivity contribution is 7.89. The highest BCUT2D eigenvalue weighted by Crippen LogP contribution is 2.19. The van der Waals surface area contributed by atoms with Crippen LogP contribution in [0, 0.1) is 17.5 Å². The Morgan fingerprint density at radius 1 is 1.22 bits per heavy atom. The lowest BCUT2D eigenvalue weighted by Gasteiger charge is -2.10. The molecule has 0 fully saturated rings. The first-order chi connectivity index (χ1) is 8.29. The van der Waals surface area contributed by atoms with E-state index < -0.39 is 51.6 Å². The van der Waals surface area contributed by atoms with Crippen molar-refractivity contribution < 1.29 is 31.8 Å². The van der Waals surface area contributed by atoms with Crippen LogP contribution in [0.4, 0.5) is 13.2 Å². The summed E-state index contributed by atoms with van der Waals surface area (Å²) in [5.41, 5.74) is 0. The summed E-state index contributed by atoms with van der Waals surface area (Å²) >= 11 is 0.